The highest BCUT2D eigenvalue weighted by Gasteiger charge is 2.26. The van der Waals surface area contributed by atoms with Gasteiger partial charge in [0.1, 0.15) is 0 Å². The minimum Gasteiger partial charge on any atom is -0.264 e. The van der Waals surface area contributed by atoms with Crippen LogP contribution in [0, 0.1) is 0 Å². The first-order valence-corrected chi connectivity index (χ1v) is 5.32. The van der Waals surface area contributed by atoms with E-state index in [1.165, 1.54) is 0 Å². The molecule has 0 spiro atoms. The SMILES string of the molecule is O=S1(=O)NC[C@H](c2cccnc2)N1. The summed E-state index contributed by atoms with van der Waals surface area (Å²) >= 11 is 0. The van der Waals surface area contributed by atoms with Gasteiger partial charge in [0.15, 0.2) is 0 Å². The molecule has 1 aliphatic rings. The smallest absolute Gasteiger partial charge is 0.264 e. The van der Waals surface area contributed by atoms with Crippen LogP contribution in [-0.4, -0.2) is 19.9 Å². The third-order valence-electron chi connectivity index (χ3n) is 1.86. The molecule has 1 atom stereocenters. The molecule has 1 aromatic heterocycles. The van der Waals surface area contributed by atoms with Gasteiger partial charge in [-0.2, -0.15) is 13.1 Å². The molecule has 0 unspecified atom stereocenters. The second-order valence-electron chi connectivity index (χ2n) is 2.81. The second kappa shape index (κ2) is 3.06. The zero-order chi connectivity index (χ0) is 9.31. The zero-order valence-corrected chi connectivity index (χ0v) is 7.58. The Hall–Kier alpha value is -0.980. The van der Waals surface area contributed by atoms with E-state index in [4.69, 9.17) is 0 Å². The number of nitrogens with zero attached hydrogens (tertiary/aromatic N) is 1. The summed E-state index contributed by atoms with van der Waals surface area (Å²) in [5, 5.41) is 0. The molecule has 0 bridgehead atoms. The maximum absolute atomic E-state index is 11.0. The maximum Gasteiger partial charge on any atom is 0.277 e. The molecule has 0 aliphatic carbocycles. The van der Waals surface area contributed by atoms with Gasteiger partial charge in [-0.05, 0) is 11.6 Å². The molecule has 2 N–H and O–H groups in total. The van der Waals surface area contributed by atoms with Gasteiger partial charge in [0.2, 0.25) is 0 Å². The number of hydrogen-bond acceptors (Lipinski definition) is 3. The zero-order valence-electron chi connectivity index (χ0n) is 6.77. The van der Waals surface area contributed by atoms with Crippen molar-refractivity contribution in [2.75, 3.05) is 6.54 Å². The largest absolute Gasteiger partial charge is 0.277 e. The van der Waals surface area contributed by atoms with Crippen molar-refractivity contribution >= 4 is 10.2 Å². The lowest BCUT2D eigenvalue weighted by atomic mass is 10.1. The number of rotatable bonds is 1. The Balaban J connectivity index is 2.22. The van der Waals surface area contributed by atoms with Crippen molar-refractivity contribution in [3.63, 3.8) is 0 Å². The first-order chi connectivity index (χ1) is 6.17. The van der Waals surface area contributed by atoms with Crippen molar-refractivity contribution in [1.29, 1.82) is 0 Å². The summed E-state index contributed by atoms with van der Waals surface area (Å²) in [5.41, 5.74) is 0.871. The van der Waals surface area contributed by atoms with Crippen LogP contribution in [0.3, 0.4) is 0 Å². The van der Waals surface area contributed by atoms with E-state index in [1.54, 1.807) is 18.5 Å². The van der Waals surface area contributed by atoms with Gasteiger partial charge < -0.3 is 0 Å². The average molecular weight is 199 g/mol. The van der Waals surface area contributed by atoms with Crippen molar-refractivity contribution in [3.05, 3.63) is 30.1 Å². The molecule has 2 rings (SSSR count). The summed E-state index contributed by atoms with van der Waals surface area (Å²) in [7, 11) is -3.27. The Morgan fingerprint density at radius 1 is 1.54 bits per heavy atom. The molecule has 0 saturated carbocycles. The van der Waals surface area contributed by atoms with Crippen LogP contribution in [0.2, 0.25) is 0 Å². The monoisotopic (exact) mass is 199 g/mol. The maximum atomic E-state index is 11.0. The van der Waals surface area contributed by atoms with Crippen LogP contribution >= 0.6 is 0 Å². The molecule has 1 saturated heterocycles. The summed E-state index contributed by atoms with van der Waals surface area (Å²) in [6.45, 7) is 0.383. The minimum absolute atomic E-state index is 0.196. The first-order valence-electron chi connectivity index (χ1n) is 3.84. The number of hydrogen-bond donors (Lipinski definition) is 2. The van der Waals surface area contributed by atoms with E-state index >= 15 is 0 Å². The van der Waals surface area contributed by atoms with Gasteiger partial charge in [-0.15, -0.1) is 0 Å². The van der Waals surface area contributed by atoms with Gasteiger partial charge in [-0.25, -0.2) is 4.72 Å². The summed E-state index contributed by atoms with van der Waals surface area (Å²) in [6.07, 6.45) is 3.31. The molecule has 13 heavy (non-hydrogen) atoms. The minimum atomic E-state index is -3.27. The van der Waals surface area contributed by atoms with Crippen molar-refractivity contribution in [3.8, 4) is 0 Å². The quantitative estimate of drug-likeness (QED) is 0.644. The van der Waals surface area contributed by atoms with Crippen molar-refractivity contribution in [2.45, 2.75) is 6.04 Å². The highest BCUT2D eigenvalue weighted by molar-refractivity contribution is 7.87. The molecular formula is C7H9N3O2S. The lowest BCUT2D eigenvalue weighted by Gasteiger charge is -2.05. The molecule has 1 aromatic rings. The van der Waals surface area contributed by atoms with Gasteiger partial charge in [0, 0.05) is 18.9 Å². The third kappa shape index (κ3) is 1.85. The van der Waals surface area contributed by atoms with Crippen LogP contribution in [0.4, 0.5) is 0 Å². The second-order valence-corrected chi connectivity index (χ2v) is 4.34. The van der Waals surface area contributed by atoms with E-state index in [0.717, 1.165) is 5.56 Å². The topological polar surface area (TPSA) is 71.1 Å². The van der Waals surface area contributed by atoms with Crippen LogP contribution in [0.15, 0.2) is 24.5 Å². The number of aromatic nitrogens is 1. The summed E-state index contributed by atoms with van der Waals surface area (Å²) in [5.74, 6) is 0. The molecule has 70 valence electrons. The van der Waals surface area contributed by atoms with Crippen molar-refractivity contribution in [1.82, 2.24) is 14.4 Å². The fourth-order valence-electron chi connectivity index (χ4n) is 1.23. The van der Waals surface area contributed by atoms with Crippen molar-refractivity contribution < 1.29 is 8.42 Å². The fraction of sp³-hybridized carbons (Fsp3) is 0.286. The highest BCUT2D eigenvalue weighted by atomic mass is 32.2. The van der Waals surface area contributed by atoms with Gasteiger partial charge in [0.25, 0.3) is 10.2 Å². The van der Waals surface area contributed by atoms with Crippen LogP contribution in [-0.2, 0) is 10.2 Å². The normalized spacial score (nSPS) is 26.0. The van der Waals surface area contributed by atoms with E-state index in [2.05, 4.69) is 14.4 Å². The summed E-state index contributed by atoms with van der Waals surface area (Å²) in [4.78, 5) is 3.91. The van der Waals surface area contributed by atoms with Crippen LogP contribution < -0.4 is 9.44 Å². The highest BCUT2D eigenvalue weighted by Crippen LogP contribution is 2.15. The number of nitrogens with one attached hydrogen (secondary N) is 2. The molecule has 0 aromatic carbocycles. The Bertz CT molecular complexity index is 389. The Morgan fingerprint density at radius 2 is 2.38 bits per heavy atom. The van der Waals surface area contributed by atoms with E-state index in [-0.39, 0.29) is 6.04 Å². The lowest BCUT2D eigenvalue weighted by Crippen LogP contribution is -2.23. The molecule has 0 radical (unpaired) electrons. The first kappa shape index (κ1) is 8.61. The predicted molar refractivity (Wildman–Crippen MR) is 47.0 cm³/mol. The fourth-order valence-corrected chi connectivity index (χ4v) is 2.30. The molecule has 2 heterocycles. The molecule has 0 amide bonds. The van der Waals surface area contributed by atoms with Crippen LogP contribution in [0.1, 0.15) is 11.6 Å². The van der Waals surface area contributed by atoms with Crippen LogP contribution in [0.25, 0.3) is 0 Å². The summed E-state index contributed by atoms with van der Waals surface area (Å²) < 4.78 is 26.8. The van der Waals surface area contributed by atoms with E-state index in [1.807, 2.05) is 6.07 Å². The Labute approximate surface area is 76.4 Å². The Morgan fingerprint density at radius 3 is 2.92 bits per heavy atom. The predicted octanol–water partition coefficient (Wildman–Crippen LogP) is -0.440. The molecule has 6 heteroatoms. The van der Waals surface area contributed by atoms with E-state index < -0.39 is 10.2 Å². The Kier molecular flexibility index (Phi) is 2.03. The van der Waals surface area contributed by atoms with E-state index in [0.29, 0.717) is 6.54 Å². The van der Waals surface area contributed by atoms with Gasteiger partial charge in [-0.1, -0.05) is 6.07 Å². The lowest BCUT2D eigenvalue weighted by molar-refractivity contribution is 0.583. The van der Waals surface area contributed by atoms with E-state index in [9.17, 15) is 8.42 Å². The van der Waals surface area contributed by atoms with Gasteiger partial charge in [-0.3, -0.25) is 4.98 Å². The molecular weight excluding hydrogens is 190 g/mol. The van der Waals surface area contributed by atoms with Crippen LogP contribution in [0.5, 0.6) is 0 Å². The summed E-state index contributed by atoms with van der Waals surface area (Å²) in [6, 6.07) is 3.42. The standard InChI is InChI=1S/C7H9N3O2S/c11-13(12)9-5-7(10-13)6-2-1-3-8-4-6/h1-4,7,9-10H,5H2/t7-/m1/s1. The molecule has 5 nitrogen and oxygen atoms in total. The number of pyridine rings is 1. The molecule has 1 fully saturated rings. The molecule has 1 aliphatic heterocycles. The average Bonchev–Trinajstić information content (AvgIpc) is 2.48. The third-order valence-corrected chi connectivity index (χ3v) is 3.00. The van der Waals surface area contributed by atoms with Gasteiger partial charge in [0.05, 0.1) is 6.04 Å². The van der Waals surface area contributed by atoms with Gasteiger partial charge >= 0.3 is 0 Å². The van der Waals surface area contributed by atoms with Crippen molar-refractivity contribution in [2.24, 2.45) is 0 Å².